The van der Waals surface area contributed by atoms with Crippen LogP contribution in [0.25, 0.3) is 0 Å². The molecule has 1 heterocycles. The monoisotopic (exact) mass is 352 g/mol. The predicted octanol–water partition coefficient (Wildman–Crippen LogP) is 2.40. The smallest absolute Gasteiger partial charge is 0.190 e. The number of methoxy groups -OCH3 is 1. The third kappa shape index (κ3) is 5.87. The van der Waals surface area contributed by atoms with E-state index < -0.39 is 0 Å². The van der Waals surface area contributed by atoms with Crippen LogP contribution in [0.2, 0.25) is 5.02 Å². The van der Waals surface area contributed by atoms with Gasteiger partial charge in [-0.3, -0.25) is 4.99 Å². The van der Waals surface area contributed by atoms with Crippen LogP contribution < -0.4 is 15.4 Å². The van der Waals surface area contributed by atoms with Crippen LogP contribution in [0.5, 0.6) is 5.75 Å². The van der Waals surface area contributed by atoms with E-state index in [1.54, 1.807) is 7.11 Å². The summed E-state index contributed by atoms with van der Waals surface area (Å²) in [6, 6.07) is 5.80. The summed E-state index contributed by atoms with van der Waals surface area (Å²) >= 11 is 6.27. The Hall–Kier alpha value is -1.46. The van der Waals surface area contributed by atoms with Crippen molar-refractivity contribution in [1.29, 1.82) is 0 Å². The Kier molecular flexibility index (Phi) is 7.66. The molecule has 0 unspecified atom stereocenters. The minimum atomic E-state index is 0.732. The fraction of sp³-hybridized carbons (Fsp3) is 0.611. The van der Waals surface area contributed by atoms with Gasteiger partial charge in [0, 0.05) is 25.2 Å². The second kappa shape index (κ2) is 9.74. The van der Waals surface area contributed by atoms with Crippen LogP contribution in [0, 0.1) is 5.92 Å². The summed E-state index contributed by atoms with van der Waals surface area (Å²) in [5, 5.41) is 7.54. The first-order valence-corrected chi connectivity index (χ1v) is 8.95. The van der Waals surface area contributed by atoms with Crippen LogP contribution in [-0.2, 0) is 6.42 Å². The highest BCUT2D eigenvalue weighted by Gasteiger charge is 2.16. The van der Waals surface area contributed by atoms with E-state index >= 15 is 0 Å². The first kappa shape index (κ1) is 18.9. The summed E-state index contributed by atoms with van der Waals surface area (Å²) in [6.07, 6.45) is 3.35. The van der Waals surface area contributed by atoms with E-state index in [0.717, 1.165) is 47.7 Å². The van der Waals surface area contributed by atoms with Gasteiger partial charge in [0.25, 0.3) is 0 Å². The average Bonchev–Trinajstić information content (AvgIpc) is 2.60. The third-order valence-corrected chi connectivity index (χ3v) is 4.92. The molecule has 0 atom stereocenters. The van der Waals surface area contributed by atoms with Crippen molar-refractivity contribution >= 4 is 17.6 Å². The number of ether oxygens (including phenoxy) is 1. The number of piperidine rings is 1. The first-order valence-electron chi connectivity index (χ1n) is 8.58. The minimum Gasteiger partial charge on any atom is -0.497 e. The number of guanidine groups is 1. The molecule has 0 spiro atoms. The molecule has 1 aliphatic rings. The number of aliphatic imine (C=N–C) groups is 1. The Morgan fingerprint density at radius 1 is 1.33 bits per heavy atom. The second-order valence-corrected chi connectivity index (χ2v) is 6.74. The molecule has 0 radical (unpaired) electrons. The second-order valence-electron chi connectivity index (χ2n) is 6.33. The largest absolute Gasteiger partial charge is 0.497 e. The Morgan fingerprint density at radius 2 is 2.08 bits per heavy atom. The van der Waals surface area contributed by atoms with E-state index in [1.165, 1.54) is 25.9 Å². The lowest BCUT2D eigenvalue weighted by atomic mass is 9.97. The van der Waals surface area contributed by atoms with Crippen molar-refractivity contribution in [3.63, 3.8) is 0 Å². The van der Waals surface area contributed by atoms with Crippen LogP contribution in [0.1, 0.15) is 18.4 Å². The van der Waals surface area contributed by atoms with Gasteiger partial charge in [0.1, 0.15) is 5.75 Å². The molecule has 1 aliphatic heterocycles. The van der Waals surface area contributed by atoms with E-state index in [0.29, 0.717) is 0 Å². The average molecular weight is 353 g/mol. The van der Waals surface area contributed by atoms with Crippen molar-refractivity contribution in [2.24, 2.45) is 10.9 Å². The summed E-state index contributed by atoms with van der Waals surface area (Å²) in [4.78, 5) is 6.69. The summed E-state index contributed by atoms with van der Waals surface area (Å²) in [7, 11) is 5.64. The molecular formula is C18H29ClN4O. The molecule has 134 valence electrons. The topological polar surface area (TPSA) is 48.9 Å². The van der Waals surface area contributed by atoms with Gasteiger partial charge < -0.3 is 20.3 Å². The highest BCUT2D eigenvalue weighted by molar-refractivity contribution is 6.31. The van der Waals surface area contributed by atoms with Gasteiger partial charge >= 0.3 is 0 Å². The number of nitrogens with one attached hydrogen (secondary N) is 2. The molecule has 0 saturated carbocycles. The number of hydrogen-bond donors (Lipinski definition) is 2. The summed E-state index contributed by atoms with van der Waals surface area (Å²) in [5.74, 6) is 2.38. The highest BCUT2D eigenvalue weighted by Crippen LogP contribution is 2.22. The van der Waals surface area contributed by atoms with E-state index in [2.05, 4.69) is 27.6 Å². The van der Waals surface area contributed by atoms with Crippen molar-refractivity contribution in [2.45, 2.75) is 19.3 Å². The number of rotatable bonds is 6. The molecule has 1 aromatic carbocycles. The van der Waals surface area contributed by atoms with Crippen molar-refractivity contribution < 1.29 is 4.74 Å². The Bertz CT molecular complexity index is 542. The molecule has 6 heteroatoms. The van der Waals surface area contributed by atoms with Gasteiger partial charge in [-0.25, -0.2) is 0 Å². The first-order chi connectivity index (χ1) is 11.6. The summed E-state index contributed by atoms with van der Waals surface area (Å²) in [6.45, 7) is 4.15. The quantitative estimate of drug-likeness (QED) is 0.609. The zero-order valence-electron chi connectivity index (χ0n) is 14.9. The highest BCUT2D eigenvalue weighted by atomic mass is 35.5. The maximum atomic E-state index is 6.27. The zero-order valence-corrected chi connectivity index (χ0v) is 15.7. The van der Waals surface area contributed by atoms with E-state index in [4.69, 9.17) is 16.3 Å². The van der Waals surface area contributed by atoms with Gasteiger partial charge in [-0.15, -0.1) is 0 Å². The van der Waals surface area contributed by atoms with Gasteiger partial charge in [-0.1, -0.05) is 17.7 Å². The SMILES string of the molecule is CN=C(NCCc1ccc(OC)cc1Cl)NCC1CCN(C)CC1. The molecule has 1 fully saturated rings. The lowest BCUT2D eigenvalue weighted by molar-refractivity contribution is 0.220. The molecule has 2 N–H and O–H groups in total. The Labute approximate surface area is 150 Å². The molecule has 0 amide bonds. The number of likely N-dealkylation sites (tertiary alicyclic amines) is 1. The van der Waals surface area contributed by atoms with Crippen molar-refractivity contribution in [2.75, 3.05) is 47.4 Å². The molecule has 24 heavy (non-hydrogen) atoms. The van der Waals surface area contributed by atoms with Gasteiger partial charge in [-0.2, -0.15) is 0 Å². The molecule has 0 aromatic heterocycles. The number of halogens is 1. The zero-order chi connectivity index (χ0) is 17.4. The Morgan fingerprint density at radius 3 is 2.71 bits per heavy atom. The van der Waals surface area contributed by atoms with E-state index in [-0.39, 0.29) is 0 Å². The van der Waals surface area contributed by atoms with E-state index in [1.807, 2.05) is 25.2 Å². The van der Waals surface area contributed by atoms with Crippen LogP contribution in [0.15, 0.2) is 23.2 Å². The maximum Gasteiger partial charge on any atom is 0.190 e. The van der Waals surface area contributed by atoms with E-state index in [9.17, 15) is 0 Å². The van der Waals surface area contributed by atoms with Crippen molar-refractivity contribution in [3.05, 3.63) is 28.8 Å². The van der Waals surface area contributed by atoms with Gasteiger partial charge in [0.2, 0.25) is 0 Å². The van der Waals surface area contributed by atoms with Gasteiger partial charge in [-0.05, 0) is 63.0 Å². The number of hydrogen-bond acceptors (Lipinski definition) is 3. The summed E-state index contributed by atoms with van der Waals surface area (Å²) < 4.78 is 5.17. The molecule has 0 aliphatic carbocycles. The maximum absolute atomic E-state index is 6.27. The summed E-state index contributed by atoms with van der Waals surface area (Å²) in [5.41, 5.74) is 1.11. The minimum absolute atomic E-state index is 0.732. The molecule has 0 bridgehead atoms. The molecule has 1 aromatic rings. The number of benzene rings is 1. The van der Waals surface area contributed by atoms with Crippen LogP contribution in [-0.4, -0.2) is 58.2 Å². The molecular weight excluding hydrogens is 324 g/mol. The van der Waals surface area contributed by atoms with Gasteiger partial charge in [0.15, 0.2) is 5.96 Å². The standard InChI is InChI=1S/C18H29ClN4O/c1-20-18(22-13-14-7-10-23(2)11-8-14)21-9-6-15-4-5-16(24-3)12-17(15)19/h4-5,12,14H,6-11,13H2,1-3H3,(H2,20,21,22). The number of nitrogens with zero attached hydrogens (tertiary/aromatic N) is 2. The lowest BCUT2D eigenvalue weighted by Gasteiger charge is -2.29. The molecule has 5 nitrogen and oxygen atoms in total. The fourth-order valence-electron chi connectivity index (χ4n) is 2.90. The third-order valence-electron chi connectivity index (χ3n) is 4.57. The van der Waals surface area contributed by atoms with Gasteiger partial charge in [0.05, 0.1) is 7.11 Å². The van der Waals surface area contributed by atoms with Crippen LogP contribution >= 0.6 is 11.6 Å². The van der Waals surface area contributed by atoms with Crippen molar-refractivity contribution in [3.8, 4) is 5.75 Å². The fourth-order valence-corrected chi connectivity index (χ4v) is 3.17. The predicted molar refractivity (Wildman–Crippen MR) is 101 cm³/mol. The molecule has 2 rings (SSSR count). The normalized spacial score (nSPS) is 16.9. The van der Waals surface area contributed by atoms with Crippen LogP contribution in [0.3, 0.4) is 0 Å². The molecule has 1 saturated heterocycles. The van der Waals surface area contributed by atoms with Crippen molar-refractivity contribution in [1.82, 2.24) is 15.5 Å². The Balaban J connectivity index is 1.72. The van der Waals surface area contributed by atoms with Crippen LogP contribution in [0.4, 0.5) is 0 Å². The lowest BCUT2D eigenvalue weighted by Crippen LogP contribution is -2.42.